The molecule has 1 aromatic carbocycles. The molecule has 0 aliphatic rings. The van der Waals surface area contributed by atoms with Gasteiger partial charge in [-0.2, -0.15) is 0 Å². The fourth-order valence-electron chi connectivity index (χ4n) is 1.38. The molecular weight excluding hydrogens is 236 g/mol. The van der Waals surface area contributed by atoms with Crippen LogP contribution in [0, 0.1) is 11.8 Å². The van der Waals surface area contributed by atoms with E-state index in [-0.39, 0.29) is 5.04 Å². The SMILES string of the molecule is CC#Cc1ccccc1CO[Si](C)(C)C(C)(C)C. The Balaban J connectivity index is 2.83. The molecule has 0 N–H and O–H groups in total. The first-order valence-corrected chi connectivity index (χ1v) is 9.33. The summed E-state index contributed by atoms with van der Waals surface area (Å²) in [5.41, 5.74) is 2.27. The Morgan fingerprint density at radius 1 is 1.17 bits per heavy atom. The molecule has 0 atom stereocenters. The van der Waals surface area contributed by atoms with E-state index in [9.17, 15) is 0 Å². The van der Waals surface area contributed by atoms with Crippen LogP contribution in [0.4, 0.5) is 0 Å². The van der Waals surface area contributed by atoms with Gasteiger partial charge in [0.15, 0.2) is 8.32 Å². The van der Waals surface area contributed by atoms with E-state index in [1.165, 1.54) is 5.56 Å². The van der Waals surface area contributed by atoms with Crippen molar-refractivity contribution in [3.63, 3.8) is 0 Å². The van der Waals surface area contributed by atoms with Crippen LogP contribution in [0.15, 0.2) is 24.3 Å². The van der Waals surface area contributed by atoms with Crippen LogP contribution in [0.25, 0.3) is 0 Å². The van der Waals surface area contributed by atoms with Crippen molar-refractivity contribution < 1.29 is 4.43 Å². The van der Waals surface area contributed by atoms with Crippen LogP contribution in [0.5, 0.6) is 0 Å². The highest BCUT2D eigenvalue weighted by atomic mass is 28.4. The standard InChI is InChI=1S/C16H24OSi/c1-7-10-14-11-8-9-12-15(14)13-17-18(5,6)16(2,3)4/h8-9,11-12H,13H2,1-6H3. The fraction of sp³-hybridized carbons (Fsp3) is 0.500. The van der Waals surface area contributed by atoms with Gasteiger partial charge in [-0.25, -0.2) is 0 Å². The molecule has 0 unspecified atom stereocenters. The molecule has 0 saturated heterocycles. The Bertz CT molecular complexity index is 458. The second-order valence-corrected chi connectivity index (χ2v) is 10.9. The van der Waals surface area contributed by atoms with Crippen molar-refractivity contribution in [1.29, 1.82) is 0 Å². The highest BCUT2D eigenvalue weighted by molar-refractivity contribution is 6.74. The molecule has 0 aliphatic carbocycles. The summed E-state index contributed by atoms with van der Waals surface area (Å²) in [4.78, 5) is 0. The molecule has 98 valence electrons. The van der Waals surface area contributed by atoms with Gasteiger partial charge in [-0.1, -0.05) is 44.9 Å². The van der Waals surface area contributed by atoms with Gasteiger partial charge < -0.3 is 4.43 Å². The van der Waals surface area contributed by atoms with Crippen LogP contribution in [0.3, 0.4) is 0 Å². The van der Waals surface area contributed by atoms with Crippen LogP contribution < -0.4 is 0 Å². The molecule has 0 aliphatic heterocycles. The zero-order chi connectivity index (χ0) is 13.8. The van der Waals surface area contributed by atoms with Gasteiger partial charge in [0.1, 0.15) is 0 Å². The summed E-state index contributed by atoms with van der Waals surface area (Å²) in [7, 11) is -1.68. The molecule has 0 aromatic heterocycles. The van der Waals surface area contributed by atoms with Crippen LogP contribution in [-0.4, -0.2) is 8.32 Å². The highest BCUT2D eigenvalue weighted by Crippen LogP contribution is 2.37. The highest BCUT2D eigenvalue weighted by Gasteiger charge is 2.37. The third-order valence-corrected chi connectivity index (χ3v) is 8.15. The second kappa shape index (κ2) is 5.73. The average molecular weight is 260 g/mol. The van der Waals surface area contributed by atoms with E-state index < -0.39 is 8.32 Å². The molecule has 1 nitrogen and oxygen atoms in total. The van der Waals surface area contributed by atoms with Gasteiger partial charge in [0.05, 0.1) is 6.61 Å². The van der Waals surface area contributed by atoms with Gasteiger partial charge in [-0.15, -0.1) is 5.92 Å². The van der Waals surface area contributed by atoms with E-state index in [2.05, 4.69) is 57.8 Å². The zero-order valence-electron chi connectivity index (χ0n) is 12.4. The molecule has 2 heteroatoms. The first-order chi connectivity index (χ1) is 8.28. The predicted octanol–water partition coefficient (Wildman–Crippen LogP) is 4.58. The summed E-state index contributed by atoms with van der Waals surface area (Å²) in [5.74, 6) is 6.09. The Morgan fingerprint density at radius 3 is 2.33 bits per heavy atom. The van der Waals surface area contributed by atoms with Gasteiger partial charge in [0.2, 0.25) is 0 Å². The van der Waals surface area contributed by atoms with Gasteiger partial charge in [0, 0.05) is 5.56 Å². The van der Waals surface area contributed by atoms with E-state index >= 15 is 0 Å². The quantitative estimate of drug-likeness (QED) is 0.571. The molecule has 1 rings (SSSR count). The van der Waals surface area contributed by atoms with Crippen LogP contribution in [-0.2, 0) is 11.0 Å². The Labute approximate surface area is 113 Å². The van der Waals surface area contributed by atoms with E-state index in [1.54, 1.807) is 0 Å². The first kappa shape index (κ1) is 15.0. The van der Waals surface area contributed by atoms with Crippen molar-refractivity contribution in [2.45, 2.75) is 52.4 Å². The van der Waals surface area contributed by atoms with Crippen molar-refractivity contribution in [1.82, 2.24) is 0 Å². The molecule has 0 heterocycles. The normalized spacial score (nSPS) is 11.9. The Kier molecular flexibility index (Phi) is 4.78. The second-order valence-electron chi connectivity index (χ2n) is 6.08. The van der Waals surface area contributed by atoms with Gasteiger partial charge in [-0.3, -0.25) is 0 Å². The van der Waals surface area contributed by atoms with Gasteiger partial charge in [-0.05, 0) is 36.7 Å². The maximum atomic E-state index is 6.24. The minimum atomic E-state index is -1.68. The molecule has 0 radical (unpaired) electrons. The predicted molar refractivity (Wildman–Crippen MR) is 81.0 cm³/mol. The van der Waals surface area contributed by atoms with Gasteiger partial charge >= 0.3 is 0 Å². The third-order valence-electron chi connectivity index (χ3n) is 3.67. The number of hydrogen-bond donors (Lipinski definition) is 0. The summed E-state index contributed by atoms with van der Waals surface area (Å²) in [6.45, 7) is 13.9. The van der Waals surface area contributed by atoms with Crippen molar-refractivity contribution in [2.24, 2.45) is 0 Å². The third kappa shape index (κ3) is 3.73. The maximum absolute atomic E-state index is 6.24. The van der Waals surface area contributed by atoms with Crippen molar-refractivity contribution in [3.05, 3.63) is 35.4 Å². The maximum Gasteiger partial charge on any atom is 0.192 e. The molecular formula is C16H24OSi. The minimum absolute atomic E-state index is 0.248. The van der Waals surface area contributed by atoms with Crippen molar-refractivity contribution in [2.75, 3.05) is 0 Å². The van der Waals surface area contributed by atoms with E-state index in [0.29, 0.717) is 6.61 Å². The fourth-order valence-corrected chi connectivity index (χ4v) is 2.33. The van der Waals surface area contributed by atoms with E-state index in [0.717, 1.165) is 5.56 Å². The monoisotopic (exact) mass is 260 g/mol. The molecule has 0 fully saturated rings. The zero-order valence-corrected chi connectivity index (χ0v) is 13.4. The minimum Gasteiger partial charge on any atom is -0.413 e. The molecule has 0 saturated carbocycles. The smallest absolute Gasteiger partial charge is 0.192 e. The van der Waals surface area contributed by atoms with E-state index in [1.807, 2.05) is 19.1 Å². The largest absolute Gasteiger partial charge is 0.413 e. The molecule has 1 aromatic rings. The summed E-state index contributed by atoms with van der Waals surface area (Å²) >= 11 is 0. The van der Waals surface area contributed by atoms with E-state index in [4.69, 9.17) is 4.43 Å². The van der Waals surface area contributed by atoms with Crippen molar-refractivity contribution >= 4 is 8.32 Å². The lowest BCUT2D eigenvalue weighted by atomic mass is 10.1. The molecule has 0 spiro atoms. The molecule has 0 amide bonds. The first-order valence-electron chi connectivity index (χ1n) is 6.42. The number of rotatable bonds is 3. The summed E-state index contributed by atoms with van der Waals surface area (Å²) < 4.78 is 6.24. The lowest BCUT2D eigenvalue weighted by molar-refractivity contribution is 0.276. The van der Waals surface area contributed by atoms with Crippen LogP contribution in [0.1, 0.15) is 38.8 Å². The lowest BCUT2D eigenvalue weighted by Gasteiger charge is -2.36. The number of benzene rings is 1. The summed E-state index contributed by atoms with van der Waals surface area (Å²) in [6, 6.07) is 8.23. The topological polar surface area (TPSA) is 9.23 Å². The summed E-state index contributed by atoms with van der Waals surface area (Å²) in [5, 5.41) is 0.248. The average Bonchev–Trinajstić information content (AvgIpc) is 2.27. The lowest BCUT2D eigenvalue weighted by Crippen LogP contribution is -2.40. The Hall–Kier alpha value is -1.04. The van der Waals surface area contributed by atoms with Gasteiger partial charge in [0.25, 0.3) is 0 Å². The molecule has 18 heavy (non-hydrogen) atoms. The van der Waals surface area contributed by atoms with Crippen molar-refractivity contribution in [3.8, 4) is 11.8 Å². The molecule has 0 bridgehead atoms. The number of hydrogen-bond acceptors (Lipinski definition) is 1. The van der Waals surface area contributed by atoms with Crippen LogP contribution in [0.2, 0.25) is 18.1 Å². The Morgan fingerprint density at radius 2 is 1.78 bits per heavy atom. The summed E-state index contributed by atoms with van der Waals surface area (Å²) in [6.07, 6.45) is 0. The van der Waals surface area contributed by atoms with Crippen LogP contribution >= 0.6 is 0 Å².